The molecule has 1 fully saturated rings. The minimum atomic E-state index is -0.323. The van der Waals surface area contributed by atoms with Crippen molar-refractivity contribution < 1.29 is 14.3 Å². The Morgan fingerprint density at radius 1 is 0.943 bits per heavy atom. The minimum absolute atomic E-state index is 0.168. The van der Waals surface area contributed by atoms with Crippen LogP contribution in [0.1, 0.15) is 80.3 Å². The number of methoxy groups -OCH3 is 1. The molecule has 0 spiro atoms. The first-order chi connectivity index (χ1) is 16.8. The van der Waals surface area contributed by atoms with Gasteiger partial charge in [0.1, 0.15) is 0 Å². The van der Waals surface area contributed by atoms with Gasteiger partial charge in [0, 0.05) is 43.8 Å². The maximum Gasteiger partial charge on any atom is 0.323 e. The van der Waals surface area contributed by atoms with Crippen molar-refractivity contribution in [3.8, 4) is 0 Å². The van der Waals surface area contributed by atoms with Gasteiger partial charge in [-0.2, -0.15) is 0 Å². The zero-order chi connectivity index (χ0) is 25.4. The number of urea groups is 1. The van der Waals surface area contributed by atoms with Gasteiger partial charge in [-0.1, -0.05) is 45.9 Å². The number of carbonyl (C=O) groups excluding carboxylic acids is 2. The molecule has 3 amide bonds. The predicted molar refractivity (Wildman–Crippen MR) is 144 cm³/mol. The van der Waals surface area contributed by atoms with E-state index >= 15 is 0 Å². The number of anilines is 3. The van der Waals surface area contributed by atoms with Gasteiger partial charge in [0.25, 0.3) is 5.91 Å². The second-order valence-electron chi connectivity index (χ2n) is 9.73. The fourth-order valence-electron chi connectivity index (χ4n) is 4.54. The largest absolute Gasteiger partial charge is 0.383 e. The Bertz CT molecular complexity index is 987. The molecule has 3 N–H and O–H groups in total. The molecule has 190 valence electrons. The smallest absolute Gasteiger partial charge is 0.323 e. The molecule has 0 unspecified atom stereocenters. The first kappa shape index (κ1) is 26.5. The third kappa shape index (κ3) is 6.98. The van der Waals surface area contributed by atoms with E-state index in [1.165, 1.54) is 6.42 Å². The van der Waals surface area contributed by atoms with Crippen LogP contribution in [0.15, 0.2) is 36.4 Å². The van der Waals surface area contributed by atoms with E-state index in [0.29, 0.717) is 24.4 Å². The van der Waals surface area contributed by atoms with Crippen LogP contribution in [0.25, 0.3) is 0 Å². The van der Waals surface area contributed by atoms with Gasteiger partial charge in [0.05, 0.1) is 12.2 Å². The van der Waals surface area contributed by atoms with Crippen LogP contribution in [0, 0.1) is 0 Å². The number of ether oxygens (including phenoxy) is 1. The molecule has 1 saturated heterocycles. The number of hydrogen-bond donors (Lipinski definition) is 3. The lowest BCUT2D eigenvalue weighted by molar-refractivity contribution is 0.0937. The molecule has 2 aromatic rings. The Morgan fingerprint density at radius 2 is 1.60 bits per heavy atom. The molecule has 0 aromatic heterocycles. The summed E-state index contributed by atoms with van der Waals surface area (Å²) < 4.78 is 5.07. The predicted octanol–water partition coefficient (Wildman–Crippen LogP) is 5.94. The van der Waals surface area contributed by atoms with Gasteiger partial charge in [0.15, 0.2) is 0 Å². The van der Waals surface area contributed by atoms with E-state index in [9.17, 15) is 9.59 Å². The quantitative estimate of drug-likeness (QED) is 0.388. The number of hydrogen-bond acceptors (Lipinski definition) is 4. The average molecular weight is 481 g/mol. The Labute approximate surface area is 209 Å². The Kier molecular flexibility index (Phi) is 9.55. The van der Waals surface area contributed by atoms with Gasteiger partial charge < -0.3 is 25.6 Å². The van der Waals surface area contributed by atoms with E-state index in [2.05, 4.69) is 60.7 Å². The summed E-state index contributed by atoms with van der Waals surface area (Å²) in [5.41, 5.74) is 5.10. The van der Waals surface area contributed by atoms with Crippen LogP contribution in [0.2, 0.25) is 0 Å². The molecule has 0 saturated carbocycles. The zero-order valence-corrected chi connectivity index (χ0v) is 21.7. The number of nitrogens with one attached hydrogen (secondary N) is 3. The van der Waals surface area contributed by atoms with E-state index < -0.39 is 0 Å². The van der Waals surface area contributed by atoms with Crippen LogP contribution in [-0.4, -0.2) is 45.3 Å². The Balaban J connectivity index is 1.84. The van der Waals surface area contributed by atoms with E-state index in [1.807, 2.05) is 18.2 Å². The van der Waals surface area contributed by atoms with Crippen molar-refractivity contribution in [3.63, 3.8) is 0 Å². The number of piperidine rings is 1. The number of carbonyl (C=O) groups is 2. The third-order valence-corrected chi connectivity index (χ3v) is 6.40. The van der Waals surface area contributed by atoms with Crippen molar-refractivity contribution in [1.82, 2.24) is 5.32 Å². The molecule has 1 heterocycles. The molecule has 0 aliphatic carbocycles. The van der Waals surface area contributed by atoms with Crippen molar-refractivity contribution in [2.75, 3.05) is 48.9 Å². The standard InChI is InChI=1S/C28H40N4O3/c1-19(2)22-10-9-11-23(20(3)4)26(22)31-28(34)30-21-12-13-25(32-15-7-6-8-16-32)24(18-21)27(33)29-14-17-35-5/h9-13,18-20H,6-8,14-17H2,1-5H3,(H,29,33)(H2,30,31,34). The summed E-state index contributed by atoms with van der Waals surface area (Å²) in [6.07, 6.45) is 3.43. The van der Waals surface area contributed by atoms with Gasteiger partial charge in [-0.05, 0) is 60.4 Å². The van der Waals surface area contributed by atoms with Crippen LogP contribution in [0.5, 0.6) is 0 Å². The fraction of sp³-hybridized carbons (Fsp3) is 0.500. The number of rotatable bonds is 9. The molecule has 7 nitrogen and oxygen atoms in total. The molecule has 0 atom stereocenters. The minimum Gasteiger partial charge on any atom is -0.383 e. The topological polar surface area (TPSA) is 82.7 Å². The lowest BCUT2D eigenvalue weighted by atomic mass is 9.93. The molecular weight excluding hydrogens is 440 g/mol. The normalized spacial score (nSPS) is 13.7. The Hall–Kier alpha value is -3.06. The molecule has 0 bridgehead atoms. The Morgan fingerprint density at radius 3 is 2.20 bits per heavy atom. The molecular formula is C28H40N4O3. The summed E-state index contributed by atoms with van der Waals surface area (Å²) in [7, 11) is 1.61. The molecule has 0 radical (unpaired) electrons. The van der Waals surface area contributed by atoms with Crippen LogP contribution in [0.3, 0.4) is 0 Å². The number of benzene rings is 2. The molecule has 2 aromatic carbocycles. The molecule has 7 heteroatoms. The van der Waals surface area contributed by atoms with E-state index in [-0.39, 0.29) is 23.8 Å². The fourth-order valence-corrected chi connectivity index (χ4v) is 4.54. The SMILES string of the molecule is COCCNC(=O)c1cc(NC(=O)Nc2c(C(C)C)cccc2C(C)C)ccc1N1CCCCC1. The summed E-state index contributed by atoms with van der Waals surface area (Å²) in [5.74, 6) is 0.379. The van der Waals surface area contributed by atoms with Gasteiger partial charge in [-0.15, -0.1) is 0 Å². The highest BCUT2D eigenvalue weighted by Crippen LogP contribution is 2.33. The summed E-state index contributed by atoms with van der Waals surface area (Å²) in [6.45, 7) is 11.2. The highest BCUT2D eigenvalue weighted by atomic mass is 16.5. The summed E-state index contributed by atoms with van der Waals surface area (Å²) in [5, 5.41) is 8.94. The zero-order valence-electron chi connectivity index (χ0n) is 21.7. The first-order valence-electron chi connectivity index (χ1n) is 12.7. The summed E-state index contributed by atoms with van der Waals surface area (Å²) >= 11 is 0. The van der Waals surface area contributed by atoms with Crippen molar-refractivity contribution in [1.29, 1.82) is 0 Å². The van der Waals surface area contributed by atoms with Crippen molar-refractivity contribution in [2.45, 2.75) is 58.8 Å². The van der Waals surface area contributed by atoms with Crippen LogP contribution < -0.4 is 20.9 Å². The van der Waals surface area contributed by atoms with E-state index in [4.69, 9.17) is 4.74 Å². The number of amides is 3. The maximum absolute atomic E-state index is 13.1. The van der Waals surface area contributed by atoms with Crippen molar-refractivity contribution in [3.05, 3.63) is 53.1 Å². The molecule has 35 heavy (non-hydrogen) atoms. The number of para-hydroxylation sites is 1. The van der Waals surface area contributed by atoms with E-state index in [1.54, 1.807) is 13.2 Å². The highest BCUT2D eigenvalue weighted by molar-refractivity contribution is 6.04. The molecule has 1 aliphatic heterocycles. The monoisotopic (exact) mass is 480 g/mol. The van der Waals surface area contributed by atoms with Crippen molar-refractivity contribution >= 4 is 29.0 Å². The number of nitrogens with zero attached hydrogens (tertiary/aromatic N) is 1. The second-order valence-corrected chi connectivity index (χ2v) is 9.73. The maximum atomic E-state index is 13.1. The lowest BCUT2D eigenvalue weighted by Gasteiger charge is -2.30. The summed E-state index contributed by atoms with van der Waals surface area (Å²) in [4.78, 5) is 28.3. The summed E-state index contributed by atoms with van der Waals surface area (Å²) in [6, 6.07) is 11.4. The first-order valence-corrected chi connectivity index (χ1v) is 12.7. The second kappa shape index (κ2) is 12.6. The molecule has 3 rings (SSSR count). The van der Waals surface area contributed by atoms with Gasteiger partial charge in [0.2, 0.25) is 0 Å². The average Bonchev–Trinajstić information content (AvgIpc) is 2.84. The van der Waals surface area contributed by atoms with Gasteiger partial charge in [-0.3, -0.25) is 4.79 Å². The van der Waals surface area contributed by atoms with E-state index in [0.717, 1.165) is 48.4 Å². The van der Waals surface area contributed by atoms with Crippen LogP contribution >= 0.6 is 0 Å². The van der Waals surface area contributed by atoms with Crippen LogP contribution in [0.4, 0.5) is 21.9 Å². The third-order valence-electron chi connectivity index (χ3n) is 6.40. The highest BCUT2D eigenvalue weighted by Gasteiger charge is 2.20. The van der Waals surface area contributed by atoms with Gasteiger partial charge in [-0.25, -0.2) is 4.79 Å². The molecule has 1 aliphatic rings. The van der Waals surface area contributed by atoms with Gasteiger partial charge >= 0.3 is 6.03 Å². The van der Waals surface area contributed by atoms with Crippen LogP contribution in [-0.2, 0) is 4.74 Å². The lowest BCUT2D eigenvalue weighted by Crippen LogP contribution is -2.33. The van der Waals surface area contributed by atoms with Crippen molar-refractivity contribution in [2.24, 2.45) is 0 Å².